The van der Waals surface area contributed by atoms with E-state index in [1.165, 1.54) is 19.3 Å². The van der Waals surface area contributed by atoms with E-state index in [0.29, 0.717) is 0 Å². The van der Waals surface area contributed by atoms with Crippen LogP contribution in [0.4, 0.5) is 0 Å². The predicted octanol–water partition coefficient (Wildman–Crippen LogP) is 4.09. The van der Waals surface area contributed by atoms with E-state index in [1.54, 1.807) is 0 Å². The van der Waals surface area contributed by atoms with Crippen LogP contribution >= 0.6 is 0 Å². The number of hydrogen-bond acceptors (Lipinski definition) is 1. The van der Waals surface area contributed by atoms with Crippen LogP contribution in [0.25, 0.3) is 0 Å². The average Bonchev–Trinajstić information content (AvgIpc) is 2.22. The van der Waals surface area contributed by atoms with Gasteiger partial charge in [-0.15, -0.1) is 0 Å². The molecule has 0 radical (unpaired) electrons. The third-order valence-electron chi connectivity index (χ3n) is 3.80. The summed E-state index contributed by atoms with van der Waals surface area (Å²) in [7, 11) is 0. The molecule has 0 heterocycles. The van der Waals surface area contributed by atoms with E-state index in [4.69, 9.17) is 0 Å². The summed E-state index contributed by atoms with van der Waals surface area (Å²) >= 11 is 0. The van der Waals surface area contributed by atoms with Crippen molar-refractivity contribution in [2.45, 2.75) is 66.2 Å². The van der Waals surface area contributed by atoms with Gasteiger partial charge in [-0.1, -0.05) is 46.5 Å². The van der Waals surface area contributed by atoms with Crippen LogP contribution in [0.15, 0.2) is 0 Å². The van der Waals surface area contributed by atoms with Crippen LogP contribution in [-0.4, -0.2) is 11.1 Å². The lowest BCUT2D eigenvalue weighted by Crippen LogP contribution is -2.33. The molecule has 2 atom stereocenters. The number of rotatable bonds is 8. The average molecular weight is 214 g/mol. The Morgan fingerprint density at radius 2 is 1.87 bits per heavy atom. The second-order valence-corrected chi connectivity index (χ2v) is 4.83. The van der Waals surface area contributed by atoms with E-state index in [1.807, 2.05) is 13.8 Å². The van der Waals surface area contributed by atoms with E-state index in [-0.39, 0.29) is 5.92 Å². The SMILES string of the molecule is CCCCCCC(C)C(C)(CC)C(=O)O. The maximum atomic E-state index is 11.2. The molecule has 2 unspecified atom stereocenters. The van der Waals surface area contributed by atoms with Crippen LogP contribution in [0.3, 0.4) is 0 Å². The molecule has 0 amide bonds. The lowest BCUT2D eigenvalue weighted by Gasteiger charge is -2.30. The van der Waals surface area contributed by atoms with E-state index in [9.17, 15) is 9.90 Å². The molecular formula is C13H26O2. The molecule has 0 aliphatic heterocycles. The molecule has 0 fully saturated rings. The topological polar surface area (TPSA) is 37.3 Å². The van der Waals surface area contributed by atoms with Crippen LogP contribution in [-0.2, 0) is 4.79 Å². The van der Waals surface area contributed by atoms with Gasteiger partial charge in [-0.3, -0.25) is 4.79 Å². The van der Waals surface area contributed by atoms with Gasteiger partial charge in [0.15, 0.2) is 0 Å². The number of hydrogen-bond donors (Lipinski definition) is 1. The lowest BCUT2D eigenvalue weighted by molar-refractivity contribution is -0.151. The summed E-state index contributed by atoms with van der Waals surface area (Å²) in [6, 6.07) is 0. The Morgan fingerprint density at radius 3 is 2.27 bits per heavy atom. The van der Waals surface area contributed by atoms with Crippen LogP contribution in [0.1, 0.15) is 66.2 Å². The van der Waals surface area contributed by atoms with Crippen molar-refractivity contribution in [2.24, 2.45) is 11.3 Å². The minimum Gasteiger partial charge on any atom is -0.481 e. The molecule has 0 aromatic carbocycles. The van der Waals surface area contributed by atoms with E-state index >= 15 is 0 Å². The van der Waals surface area contributed by atoms with Crippen molar-refractivity contribution in [1.29, 1.82) is 0 Å². The maximum Gasteiger partial charge on any atom is 0.309 e. The largest absolute Gasteiger partial charge is 0.481 e. The summed E-state index contributed by atoms with van der Waals surface area (Å²) in [5.41, 5.74) is -0.536. The molecule has 2 nitrogen and oxygen atoms in total. The highest BCUT2D eigenvalue weighted by molar-refractivity contribution is 5.74. The maximum absolute atomic E-state index is 11.2. The molecule has 0 bridgehead atoms. The first-order chi connectivity index (χ1) is 6.99. The Bertz CT molecular complexity index is 189. The lowest BCUT2D eigenvalue weighted by atomic mass is 9.74. The van der Waals surface area contributed by atoms with Crippen molar-refractivity contribution in [1.82, 2.24) is 0 Å². The van der Waals surface area contributed by atoms with Gasteiger partial charge < -0.3 is 5.11 Å². The molecule has 0 aromatic heterocycles. The minimum atomic E-state index is -0.645. The molecule has 0 spiro atoms. The van der Waals surface area contributed by atoms with Gasteiger partial charge in [0.05, 0.1) is 5.41 Å². The zero-order valence-electron chi connectivity index (χ0n) is 10.7. The third kappa shape index (κ3) is 4.23. The second-order valence-electron chi connectivity index (χ2n) is 4.83. The standard InChI is InChI=1S/C13H26O2/c1-5-7-8-9-10-11(3)13(4,6-2)12(14)15/h11H,5-10H2,1-4H3,(H,14,15). The Balaban J connectivity index is 4.05. The summed E-state index contributed by atoms with van der Waals surface area (Å²) in [4.78, 5) is 11.2. The zero-order chi connectivity index (χ0) is 11.9. The Labute approximate surface area is 94.1 Å². The number of carboxylic acids is 1. The van der Waals surface area contributed by atoms with Gasteiger partial charge in [0.25, 0.3) is 0 Å². The first kappa shape index (κ1) is 14.5. The molecule has 0 aliphatic rings. The Morgan fingerprint density at radius 1 is 1.27 bits per heavy atom. The first-order valence-corrected chi connectivity index (χ1v) is 6.22. The molecule has 2 heteroatoms. The fraction of sp³-hybridized carbons (Fsp3) is 0.923. The van der Waals surface area contributed by atoms with Crippen LogP contribution in [0, 0.1) is 11.3 Å². The van der Waals surface area contributed by atoms with Crippen LogP contribution in [0.2, 0.25) is 0 Å². The monoisotopic (exact) mass is 214 g/mol. The molecule has 1 N–H and O–H groups in total. The van der Waals surface area contributed by atoms with E-state index < -0.39 is 11.4 Å². The van der Waals surface area contributed by atoms with Crippen molar-refractivity contribution in [3.8, 4) is 0 Å². The highest BCUT2D eigenvalue weighted by Gasteiger charge is 2.36. The number of unbranched alkanes of at least 4 members (excludes halogenated alkanes) is 3. The smallest absolute Gasteiger partial charge is 0.309 e. The minimum absolute atomic E-state index is 0.275. The first-order valence-electron chi connectivity index (χ1n) is 6.22. The van der Waals surface area contributed by atoms with Gasteiger partial charge in [0, 0.05) is 0 Å². The molecular weight excluding hydrogens is 188 g/mol. The Hall–Kier alpha value is -0.530. The fourth-order valence-electron chi connectivity index (χ4n) is 1.91. The van der Waals surface area contributed by atoms with Crippen molar-refractivity contribution in [2.75, 3.05) is 0 Å². The highest BCUT2D eigenvalue weighted by Crippen LogP contribution is 2.34. The van der Waals surface area contributed by atoms with Crippen LogP contribution in [0.5, 0.6) is 0 Å². The predicted molar refractivity (Wildman–Crippen MR) is 64.0 cm³/mol. The van der Waals surface area contributed by atoms with Gasteiger partial charge in [0.2, 0.25) is 0 Å². The van der Waals surface area contributed by atoms with Gasteiger partial charge in [-0.05, 0) is 25.7 Å². The summed E-state index contributed by atoms with van der Waals surface area (Å²) in [5.74, 6) is -0.371. The normalized spacial score (nSPS) is 17.1. The van der Waals surface area contributed by atoms with Gasteiger partial charge in [0.1, 0.15) is 0 Å². The highest BCUT2D eigenvalue weighted by atomic mass is 16.4. The molecule has 15 heavy (non-hydrogen) atoms. The van der Waals surface area contributed by atoms with E-state index in [0.717, 1.165) is 19.3 Å². The number of aliphatic carboxylic acids is 1. The quantitative estimate of drug-likeness (QED) is 0.618. The molecule has 0 rings (SSSR count). The van der Waals surface area contributed by atoms with Gasteiger partial charge in [-0.2, -0.15) is 0 Å². The summed E-state index contributed by atoms with van der Waals surface area (Å²) in [5, 5.41) is 9.21. The van der Waals surface area contributed by atoms with Crippen molar-refractivity contribution in [3.63, 3.8) is 0 Å². The van der Waals surface area contributed by atoms with Gasteiger partial charge in [-0.25, -0.2) is 0 Å². The van der Waals surface area contributed by atoms with E-state index in [2.05, 4.69) is 13.8 Å². The van der Waals surface area contributed by atoms with Crippen LogP contribution < -0.4 is 0 Å². The Kier molecular flexibility index (Phi) is 6.62. The summed E-state index contributed by atoms with van der Waals surface area (Å²) < 4.78 is 0. The fourth-order valence-corrected chi connectivity index (χ4v) is 1.91. The summed E-state index contributed by atoms with van der Waals surface area (Å²) in [6.07, 6.45) is 6.66. The molecule has 0 saturated heterocycles. The third-order valence-corrected chi connectivity index (χ3v) is 3.80. The summed E-state index contributed by atoms with van der Waals surface area (Å²) in [6.45, 7) is 8.11. The molecule has 0 aromatic rings. The molecule has 0 aliphatic carbocycles. The van der Waals surface area contributed by atoms with Gasteiger partial charge >= 0.3 is 5.97 Å². The van der Waals surface area contributed by atoms with Crippen molar-refractivity contribution >= 4 is 5.97 Å². The van der Waals surface area contributed by atoms with Crippen molar-refractivity contribution < 1.29 is 9.90 Å². The zero-order valence-corrected chi connectivity index (χ0v) is 10.7. The van der Waals surface area contributed by atoms with Crippen molar-refractivity contribution in [3.05, 3.63) is 0 Å². The number of carbonyl (C=O) groups is 1. The molecule has 0 saturated carbocycles. The number of carboxylic acid groups (broad SMARTS) is 1. The molecule has 90 valence electrons. The second kappa shape index (κ2) is 6.86.